The Bertz CT molecular complexity index is 588. The van der Waals surface area contributed by atoms with Crippen LogP contribution in [0.2, 0.25) is 0 Å². The normalized spacial score (nSPS) is 25.4. The predicted octanol–water partition coefficient (Wildman–Crippen LogP) is 3.37. The Morgan fingerprint density at radius 3 is 2.68 bits per heavy atom. The van der Waals surface area contributed by atoms with Crippen LogP contribution in [0.5, 0.6) is 0 Å². The molecule has 1 aromatic carbocycles. The van der Waals surface area contributed by atoms with Gasteiger partial charge in [-0.25, -0.2) is 8.78 Å². The smallest absolute Gasteiger partial charge is 0.193 e. The van der Waals surface area contributed by atoms with Crippen LogP contribution in [-0.4, -0.2) is 50.3 Å². The van der Waals surface area contributed by atoms with Crippen LogP contribution in [-0.2, 0) is 4.74 Å². The summed E-state index contributed by atoms with van der Waals surface area (Å²) >= 11 is 0. The summed E-state index contributed by atoms with van der Waals surface area (Å²) in [7, 11) is 2.00. The number of hydrogen-bond donors (Lipinski definition) is 1. The zero-order chi connectivity index (χ0) is 17.1. The van der Waals surface area contributed by atoms with E-state index in [9.17, 15) is 8.78 Å². The molecule has 25 heavy (non-hydrogen) atoms. The SMILES string of the molecule is CCN=C(NC1CC1c1c(F)cccc1F)N(C)CC1CCOC1.I. The number of aliphatic imine (C=N–C) groups is 1. The van der Waals surface area contributed by atoms with Crippen molar-refractivity contribution in [1.82, 2.24) is 10.2 Å². The first-order chi connectivity index (χ1) is 11.6. The Morgan fingerprint density at radius 2 is 2.08 bits per heavy atom. The van der Waals surface area contributed by atoms with Gasteiger partial charge in [-0.1, -0.05) is 6.07 Å². The van der Waals surface area contributed by atoms with Gasteiger partial charge in [0.1, 0.15) is 11.6 Å². The second kappa shape index (κ2) is 9.12. The summed E-state index contributed by atoms with van der Waals surface area (Å²) in [6.45, 7) is 5.13. The van der Waals surface area contributed by atoms with Gasteiger partial charge < -0.3 is 15.0 Å². The molecule has 2 fully saturated rings. The molecule has 1 heterocycles. The highest BCUT2D eigenvalue weighted by Gasteiger charge is 2.42. The highest BCUT2D eigenvalue weighted by molar-refractivity contribution is 14.0. The van der Waals surface area contributed by atoms with E-state index in [1.807, 2.05) is 14.0 Å². The zero-order valence-corrected chi connectivity index (χ0v) is 17.0. The molecule has 0 radical (unpaired) electrons. The van der Waals surface area contributed by atoms with Crippen molar-refractivity contribution in [3.8, 4) is 0 Å². The van der Waals surface area contributed by atoms with Gasteiger partial charge >= 0.3 is 0 Å². The lowest BCUT2D eigenvalue weighted by Crippen LogP contribution is -2.43. The van der Waals surface area contributed by atoms with E-state index in [1.165, 1.54) is 18.2 Å². The van der Waals surface area contributed by atoms with Crippen LogP contribution in [0, 0.1) is 17.6 Å². The summed E-state index contributed by atoms with van der Waals surface area (Å²) in [6, 6.07) is 4.08. The maximum Gasteiger partial charge on any atom is 0.193 e. The number of nitrogens with zero attached hydrogens (tertiary/aromatic N) is 2. The van der Waals surface area contributed by atoms with Gasteiger partial charge in [0.15, 0.2) is 5.96 Å². The Hall–Kier alpha value is -0.960. The molecular weight excluding hydrogens is 439 g/mol. The molecule has 2 aliphatic rings. The molecule has 1 aliphatic carbocycles. The van der Waals surface area contributed by atoms with Gasteiger partial charge in [0.25, 0.3) is 0 Å². The summed E-state index contributed by atoms with van der Waals surface area (Å²) in [4.78, 5) is 6.62. The molecule has 0 amide bonds. The van der Waals surface area contributed by atoms with E-state index in [0.29, 0.717) is 12.5 Å². The molecule has 1 saturated heterocycles. The fourth-order valence-corrected chi connectivity index (χ4v) is 3.33. The van der Waals surface area contributed by atoms with Gasteiger partial charge in [0.2, 0.25) is 0 Å². The lowest BCUT2D eigenvalue weighted by Gasteiger charge is -2.25. The molecule has 7 heteroatoms. The predicted molar refractivity (Wildman–Crippen MR) is 106 cm³/mol. The molecule has 0 bridgehead atoms. The fraction of sp³-hybridized carbons (Fsp3) is 0.611. The first kappa shape index (κ1) is 20.4. The summed E-state index contributed by atoms with van der Waals surface area (Å²) in [5.74, 6) is 0.257. The standard InChI is InChI=1S/C18H25F2N3O.HI/c1-3-21-18(23(2)10-12-7-8-24-11-12)22-16-9-13(16)17-14(19)5-4-6-15(17)20;/h4-6,12-13,16H,3,7-11H2,1-2H3,(H,21,22);1H. The summed E-state index contributed by atoms with van der Waals surface area (Å²) < 4.78 is 33.2. The summed E-state index contributed by atoms with van der Waals surface area (Å²) in [6.07, 6.45) is 1.79. The van der Waals surface area contributed by atoms with Gasteiger partial charge in [-0.3, -0.25) is 4.99 Å². The van der Waals surface area contributed by atoms with Crippen LogP contribution in [0.1, 0.15) is 31.2 Å². The average Bonchev–Trinajstić information content (AvgIpc) is 3.08. The molecule has 1 saturated carbocycles. The molecule has 3 rings (SSSR count). The van der Waals surface area contributed by atoms with Crippen molar-refractivity contribution in [2.75, 3.05) is 33.4 Å². The number of ether oxygens (including phenoxy) is 1. The van der Waals surface area contributed by atoms with Crippen molar-refractivity contribution in [3.63, 3.8) is 0 Å². The summed E-state index contributed by atoms with van der Waals surface area (Å²) in [5, 5.41) is 3.37. The molecule has 4 nitrogen and oxygen atoms in total. The van der Waals surface area contributed by atoms with Gasteiger partial charge in [0.05, 0.1) is 6.61 Å². The van der Waals surface area contributed by atoms with Crippen LogP contribution >= 0.6 is 24.0 Å². The number of benzene rings is 1. The third kappa shape index (κ3) is 5.03. The zero-order valence-electron chi connectivity index (χ0n) is 14.7. The molecule has 0 aromatic heterocycles. The first-order valence-electron chi connectivity index (χ1n) is 8.64. The number of rotatable bonds is 5. The average molecular weight is 465 g/mol. The Balaban J connectivity index is 0.00000225. The topological polar surface area (TPSA) is 36.9 Å². The van der Waals surface area contributed by atoms with Crippen molar-refractivity contribution < 1.29 is 13.5 Å². The van der Waals surface area contributed by atoms with E-state index in [-0.39, 0.29) is 41.5 Å². The second-order valence-electron chi connectivity index (χ2n) is 6.64. The van der Waals surface area contributed by atoms with Crippen LogP contribution in [0.3, 0.4) is 0 Å². The third-order valence-corrected chi connectivity index (χ3v) is 4.70. The van der Waals surface area contributed by atoms with Crippen LogP contribution in [0.25, 0.3) is 0 Å². The molecule has 3 unspecified atom stereocenters. The molecule has 1 N–H and O–H groups in total. The molecular formula is C18H26F2IN3O. The largest absolute Gasteiger partial charge is 0.381 e. The van der Waals surface area contributed by atoms with E-state index in [2.05, 4.69) is 15.2 Å². The van der Waals surface area contributed by atoms with E-state index in [0.717, 1.165) is 38.6 Å². The lowest BCUT2D eigenvalue weighted by molar-refractivity contribution is 0.181. The number of guanidine groups is 1. The van der Waals surface area contributed by atoms with E-state index >= 15 is 0 Å². The van der Waals surface area contributed by atoms with E-state index in [1.54, 1.807) is 0 Å². The third-order valence-electron chi connectivity index (χ3n) is 4.70. The minimum absolute atomic E-state index is 0. The molecule has 3 atom stereocenters. The van der Waals surface area contributed by atoms with E-state index < -0.39 is 11.6 Å². The van der Waals surface area contributed by atoms with Gasteiger partial charge in [-0.05, 0) is 31.9 Å². The molecule has 1 aromatic rings. The monoisotopic (exact) mass is 465 g/mol. The lowest BCUT2D eigenvalue weighted by atomic mass is 10.1. The van der Waals surface area contributed by atoms with E-state index in [4.69, 9.17) is 4.74 Å². The Labute approximate surface area is 165 Å². The summed E-state index contributed by atoms with van der Waals surface area (Å²) in [5.41, 5.74) is 0.192. The Kier molecular flexibility index (Phi) is 7.42. The molecule has 0 spiro atoms. The number of halogens is 3. The van der Waals surface area contributed by atoms with Crippen molar-refractivity contribution >= 4 is 29.9 Å². The first-order valence-corrected chi connectivity index (χ1v) is 8.64. The van der Waals surface area contributed by atoms with Crippen LogP contribution < -0.4 is 5.32 Å². The number of hydrogen-bond acceptors (Lipinski definition) is 2. The van der Waals surface area contributed by atoms with Crippen LogP contribution in [0.15, 0.2) is 23.2 Å². The fourth-order valence-electron chi connectivity index (χ4n) is 3.33. The quantitative estimate of drug-likeness (QED) is 0.412. The highest BCUT2D eigenvalue weighted by Crippen LogP contribution is 2.43. The Morgan fingerprint density at radius 1 is 1.36 bits per heavy atom. The van der Waals surface area contributed by atoms with Gasteiger partial charge in [-0.2, -0.15) is 0 Å². The number of nitrogens with one attached hydrogen (secondary N) is 1. The minimum atomic E-state index is -0.463. The second-order valence-corrected chi connectivity index (χ2v) is 6.64. The van der Waals surface area contributed by atoms with Crippen molar-refractivity contribution in [2.24, 2.45) is 10.9 Å². The van der Waals surface area contributed by atoms with Crippen molar-refractivity contribution in [2.45, 2.75) is 31.7 Å². The highest BCUT2D eigenvalue weighted by atomic mass is 127. The maximum absolute atomic E-state index is 13.9. The van der Waals surface area contributed by atoms with Crippen molar-refractivity contribution in [1.29, 1.82) is 0 Å². The van der Waals surface area contributed by atoms with Gasteiger partial charge in [0, 0.05) is 50.2 Å². The molecule has 140 valence electrons. The van der Waals surface area contributed by atoms with Crippen LogP contribution in [0.4, 0.5) is 8.78 Å². The molecule has 1 aliphatic heterocycles. The van der Waals surface area contributed by atoms with Crippen molar-refractivity contribution in [3.05, 3.63) is 35.4 Å². The van der Waals surface area contributed by atoms with Gasteiger partial charge in [-0.15, -0.1) is 24.0 Å². The minimum Gasteiger partial charge on any atom is -0.381 e. The maximum atomic E-state index is 13.9.